The molecule has 1 aliphatic carbocycles. The highest BCUT2D eigenvalue weighted by Crippen LogP contribution is 2.23. The standard InChI is InChI=1S/C18H16N4O4/c19-16-15-12(17(25)21-18(15)26)8-14(24)22(16)11-5-1-9(2-6-11)7-13(23)20-10-3-4-10/h1-2,5-6,8,10H,3-4,7,19H2,(H,20,23)(H,21,25,26). The number of imide groups is 1. The maximum atomic E-state index is 12.4. The molecular weight excluding hydrogens is 336 g/mol. The Hall–Kier alpha value is -3.42. The molecule has 2 aromatic rings. The van der Waals surface area contributed by atoms with Crippen molar-refractivity contribution in [2.75, 3.05) is 5.73 Å². The molecule has 1 aliphatic heterocycles. The van der Waals surface area contributed by atoms with Gasteiger partial charge in [-0.15, -0.1) is 0 Å². The highest BCUT2D eigenvalue weighted by Gasteiger charge is 2.31. The highest BCUT2D eigenvalue weighted by atomic mass is 16.2. The number of anilines is 1. The summed E-state index contributed by atoms with van der Waals surface area (Å²) in [6.45, 7) is 0. The predicted molar refractivity (Wildman–Crippen MR) is 93.1 cm³/mol. The second-order valence-electron chi connectivity index (χ2n) is 6.46. The average molecular weight is 352 g/mol. The van der Waals surface area contributed by atoms with Crippen LogP contribution in [0, 0.1) is 0 Å². The van der Waals surface area contributed by atoms with E-state index in [1.165, 1.54) is 4.57 Å². The molecule has 8 heteroatoms. The van der Waals surface area contributed by atoms with Crippen LogP contribution in [0.25, 0.3) is 5.69 Å². The van der Waals surface area contributed by atoms with E-state index in [0.29, 0.717) is 11.7 Å². The van der Waals surface area contributed by atoms with Gasteiger partial charge < -0.3 is 11.1 Å². The van der Waals surface area contributed by atoms with Crippen LogP contribution in [-0.4, -0.2) is 28.3 Å². The van der Waals surface area contributed by atoms with E-state index < -0.39 is 17.4 Å². The van der Waals surface area contributed by atoms with Crippen molar-refractivity contribution in [2.45, 2.75) is 25.3 Å². The van der Waals surface area contributed by atoms with E-state index in [0.717, 1.165) is 24.5 Å². The lowest BCUT2D eigenvalue weighted by molar-refractivity contribution is -0.120. The Morgan fingerprint density at radius 1 is 1.15 bits per heavy atom. The Balaban J connectivity index is 1.65. The van der Waals surface area contributed by atoms with Gasteiger partial charge >= 0.3 is 0 Å². The molecule has 2 aliphatic rings. The molecular formula is C18H16N4O4. The van der Waals surface area contributed by atoms with Gasteiger partial charge in [-0.05, 0) is 30.5 Å². The third-order valence-corrected chi connectivity index (χ3v) is 4.46. The molecule has 2 heterocycles. The van der Waals surface area contributed by atoms with Gasteiger partial charge in [-0.25, -0.2) is 0 Å². The first-order valence-corrected chi connectivity index (χ1v) is 8.24. The zero-order valence-electron chi connectivity index (χ0n) is 13.7. The summed E-state index contributed by atoms with van der Waals surface area (Å²) in [5.41, 5.74) is 6.72. The van der Waals surface area contributed by atoms with Crippen molar-refractivity contribution in [1.82, 2.24) is 15.2 Å². The molecule has 1 fully saturated rings. The van der Waals surface area contributed by atoms with Gasteiger partial charge in [-0.1, -0.05) is 12.1 Å². The van der Waals surface area contributed by atoms with Crippen LogP contribution in [0.2, 0.25) is 0 Å². The maximum Gasteiger partial charge on any atom is 0.262 e. The molecule has 8 nitrogen and oxygen atoms in total. The minimum absolute atomic E-state index is 0.00230. The van der Waals surface area contributed by atoms with Crippen LogP contribution < -0.4 is 21.9 Å². The molecule has 1 aromatic carbocycles. The van der Waals surface area contributed by atoms with Gasteiger partial charge in [0.05, 0.1) is 23.2 Å². The van der Waals surface area contributed by atoms with Crippen LogP contribution in [0.4, 0.5) is 5.82 Å². The first kappa shape index (κ1) is 16.1. The van der Waals surface area contributed by atoms with E-state index in [1.807, 2.05) is 0 Å². The van der Waals surface area contributed by atoms with E-state index >= 15 is 0 Å². The lowest BCUT2D eigenvalue weighted by Gasteiger charge is -2.12. The van der Waals surface area contributed by atoms with Crippen LogP contribution in [-0.2, 0) is 11.2 Å². The second kappa shape index (κ2) is 5.83. The molecule has 1 aromatic heterocycles. The smallest absolute Gasteiger partial charge is 0.262 e. The SMILES string of the molecule is Nc1c2c(cc(=O)n1-c1ccc(CC(=O)NC3CC3)cc1)C(=O)NC2=O. The number of nitrogen functional groups attached to an aromatic ring is 1. The van der Waals surface area contributed by atoms with Crippen molar-refractivity contribution in [3.63, 3.8) is 0 Å². The van der Waals surface area contributed by atoms with Crippen molar-refractivity contribution in [1.29, 1.82) is 0 Å². The quantitative estimate of drug-likeness (QED) is 0.675. The number of rotatable bonds is 4. The van der Waals surface area contributed by atoms with Gasteiger partial charge in [0.15, 0.2) is 0 Å². The molecule has 4 rings (SSSR count). The molecule has 0 spiro atoms. The van der Waals surface area contributed by atoms with E-state index in [-0.39, 0.29) is 29.3 Å². The summed E-state index contributed by atoms with van der Waals surface area (Å²) in [5, 5.41) is 5.04. The van der Waals surface area contributed by atoms with Gasteiger partial charge in [-0.2, -0.15) is 0 Å². The number of fused-ring (bicyclic) bond motifs is 1. The number of hydrogen-bond donors (Lipinski definition) is 3. The third-order valence-electron chi connectivity index (χ3n) is 4.46. The number of amides is 3. The van der Waals surface area contributed by atoms with Crippen molar-refractivity contribution < 1.29 is 14.4 Å². The van der Waals surface area contributed by atoms with Crippen LogP contribution in [0.5, 0.6) is 0 Å². The van der Waals surface area contributed by atoms with Gasteiger partial charge in [0.2, 0.25) is 5.91 Å². The number of aromatic nitrogens is 1. The molecule has 132 valence electrons. The first-order chi connectivity index (χ1) is 12.4. The van der Waals surface area contributed by atoms with Gasteiger partial charge in [0, 0.05) is 12.1 Å². The normalized spacial score (nSPS) is 15.5. The summed E-state index contributed by atoms with van der Waals surface area (Å²) in [6, 6.07) is 8.17. The van der Waals surface area contributed by atoms with Crippen molar-refractivity contribution >= 4 is 23.5 Å². The zero-order chi connectivity index (χ0) is 18.4. The number of nitrogens with two attached hydrogens (primary N) is 1. The Morgan fingerprint density at radius 3 is 2.50 bits per heavy atom. The summed E-state index contributed by atoms with van der Waals surface area (Å²) in [6.07, 6.45) is 2.31. The molecule has 0 saturated heterocycles. The van der Waals surface area contributed by atoms with E-state index in [2.05, 4.69) is 10.6 Å². The zero-order valence-corrected chi connectivity index (χ0v) is 13.7. The van der Waals surface area contributed by atoms with E-state index in [1.54, 1.807) is 24.3 Å². The monoisotopic (exact) mass is 352 g/mol. The molecule has 0 atom stereocenters. The summed E-state index contributed by atoms with van der Waals surface area (Å²) in [5.74, 6) is -1.37. The predicted octanol–water partition coefficient (Wildman–Crippen LogP) is 0.124. The number of nitrogens with zero attached hydrogens (tertiary/aromatic N) is 1. The van der Waals surface area contributed by atoms with Crippen LogP contribution in [0.1, 0.15) is 39.1 Å². The second-order valence-corrected chi connectivity index (χ2v) is 6.46. The number of hydrogen-bond acceptors (Lipinski definition) is 5. The van der Waals surface area contributed by atoms with Crippen LogP contribution in [0.15, 0.2) is 35.1 Å². The van der Waals surface area contributed by atoms with Crippen molar-refractivity contribution in [2.24, 2.45) is 0 Å². The minimum atomic E-state index is -0.627. The molecule has 0 radical (unpaired) electrons. The maximum absolute atomic E-state index is 12.4. The molecule has 0 bridgehead atoms. The Bertz CT molecular complexity index is 1000. The largest absolute Gasteiger partial charge is 0.384 e. The van der Waals surface area contributed by atoms with Crippen molar-refractivity contribution in [3.05, 3.63) is 57.4 Å². The summed E-state index contributed by atoms with van der Waals surface area (Å²) in [4.78, 5) is 47.8. The summed E-state index contributed by atoms with van der Waals surface area (Å²) in [7, 11) is 0. The molecule has 1 saturated carbocycles. The fraction of sp³-hybridized carbons (Fsp3) is 0.222. The fourth-order valence-corrected chi connectivity index (χ4v) is 3.00. The van der Waals surface area contributed by atoms with E-state index in [9.17, 15) is 19.2 Å². The highest BCUT2D eigenvalue weighted by molar-refractivity contribution is 6.23. The van der Waals surface area contributed by atoms with Crippen molar-refractivity contribution in [3.8, 4) is 5.69 Å². The average Bonchev–Trinajstić information content (AvgIpc) is 3.34. The van der Waals surface area contributed by atoms with Crippen LogP contribution >= 0.6 is 0 Å². The van der Waals surface area contributed by atoms with Gasteiger partial charge in [0.25, 0.3) is 17.4 Å². The number of carbonyl (C=O) groups is 3. The van der Waals surface area contributed by atoms with Gasteiger partial charge in [0.1, 0.15) is 5.82 Å². The molecule has 3 amide bonds. The third kappa shape index (κ3) is 2.75. The lowest BCUT2D eigenvalue weighted by atomic mass is 10.1. The number of nitrogens with one attached hydrogen (secondary N) is 2. The lowest BCUT2D eigenvalue weighted by Crippen LogP contribution is -2.27. The number of pyridine rings is 1. The Morgan fingerprint density at radius 2 is 1.85 bits per heavy atom. The fourth-order valence-electron chi connectivity index (χ4n) is 3.00. The number of carbonyl (C=O) groups excluding carboxylic acids is 3. The summed E-state index contributed by atoms with van der Waals surface area (Å²) < 4.78 is 1.17. The first-order valence-electron chi connectivity index (χ1n) is 8.24. The topological polar surface area (TPSA) is 123 Å². The Labute approximate surface area is 148 Å². The molecule has 26 heavy (non-hydrogen) atoms. The van der Waals surface area contributed by atoms with Gasteiger partial charge in [-0.3, -0.25) is 29.1 Å². The molecule has 4 N–H and O–H groups in total. The summed E-state index contributed by atoms with van der Waals surface area (Å²) >= 11 is 0. The van der Waals surface area contributed by atoms with Crippen LogP contribution in [0.3, 0.4) is 0 Å². The molecule has 0 unspecified atom stereocenters. The number of benzene rings is 1. The van der Waals surface area contributed by atoms with E-state index in [4.69, 9.17) is 5.73 Å². The minimum Gasteiger partial charge on any atom is -0.384 e. The Kier molecular flexibility index (Phi) is 3.61.